The summed E-state index contributed by atoms with van der Waals surface area (Å²) in [7, 11) is 0. The number of rotatable bonds is 0. The first-order valence-electron chi connectivity index (χ1n) is 3.35. The van der Waals surface area contributed by atoms with E-state index in [1.807, 2.05) is 13.8 Å². The van der Waals surface area contributed by atoms with Gasteiger partial charge in [0.15, 0.2) is 0 Å². The van der Waals surface area contributed by atoms with Crippen LogP contribution in [0.4, 0.5) is 0 Å². The molecule has 1 heterocycles. The Morgan fingerprint density at radius 1 is 1.20 bits per heavy atom. The fourth-order valence-electron chi connectivity index (χ4n) is 1.25. The molecule has 0 radical (unpaired) electrons. The summed E-state index contributed by atoms with van der Waals surface area (Å²) < 4.78 is 5.44. The van der Waals surface area contributed by atoms with Gasteiger partial charge < -0.3 is 4.74 Å². The SMILES string of the molecule is CC1(C)COC(C)(C)N1.Cl. The highest BCUT2D eigenvalue weighted by molar-refractivity contribution is 5.85. The van der Waals surface area contributed by atoms with E-state index in [2.05, 4.69) is 19.2 Å². The van der Waals surface area contributed by atoms with Gasteiger partial charge in [0, 0.05) is 5.54 Å². The maximum atomic E-state index is 5.44. The van der Waals surface area contributed by atoms with Crippen LogP contribution in [0.1, 0.15) is 27.7 Å². The standard InChI is InChI=1S/C7H15NO.ClH/c1-6(2)5-9-7(3,4)8-6;/h8H,5H2,1-4H3;1H. The van der Waals surface area contributed by atoms with Gasteiger partial charge >= 0.3 is 0 Å². The minimum atomic E-state index is -0.122. The van der Waals surface area contributed by atoms with Crippen molar-refractivity contribution in [2.75, 3.05) is 6.61 Å². The van der Waals surface area contributed by atoms with Crippen LogP contribution in [0.5, 0.6) is 0 Å². The Bertz CT molecular complexity index is 109. The minimum Gasteiger partial charge on any atom is -0.359 e. The molecule has 1 fully saturated rings. The Morgan fingerprint density at radius 3 is 1.80 bits per heavy atom. The first-order chi connectivity index (χ1) is 3.91. The number of nitrogens with one attached hydrogen (secondary N) is 1. The topological polar surface area (TPSA) is 21.3 Å². The third-order valence-electron chi connectivity index (χ3n) is 1.43. The number of halogens is 1. The molecule has 0 unspecified atom stereocenters. The molecular weight excluding hydrogens is 150 g/mol. The monoisotopic (exact) mass is 165 g/mol. The molecule has 10 heavy (non-hydrogen) atoms. The van der Waals surface area contributed by atoms with E-state index in [1.165, 1.54) is 0 Å². The maximum absolute atomic E-state index is 5.44. The molecule has 1 N–H and O–H groups in total. The van der Waals surface area contributed by atoms with E-state index in [4.69, 9.17) is 4.74 Å². The van der Waals surface area contributed by atoms with Crippen molar-refractivity contribution in [2.24, 2.45) is 0 Å². The summed E-state index contributed by atoms with van der Waals surface area (Å²) in [6.07, 6.45) is 0. The number of hydrogen-bond acceptors (Lipinski definition) is 2. The second-order valence-electron chi connectivity index (χ2n) is 3.81. The number of ether oxygens (including phenoxy) is 1. The largest absolute Gasteiger partial charge is 0.359 e. The van der Waals surface area contributed by atoms with Crippen molar-refractivity contribution in [3.63, 3.8) is 0 Å². The molecule has 0 amide bonds. The predicted octanol–water partition coefficient (Wildman–Crippen LogP) is 1.54. The van der Waals surface area contributed by atoms with Gasteiger partial charge in [0.2, 0.25) is 0 Å². The van der Waals surface area contributed by atoms with Gasteiger partial charge in [-0.1, -0.05) is 0 Å². The molecule has 0 aliphatic carbocycles. The van der Waals surface area contributed by atoms with Crippen molar-refractivity contribution in [1.82, 2.24) is 5.32 Å². The summed E-state index contributed by atoms with van der Waals surface area (Å²) in [5.41, 5.74) is 0.0347. The zero-order valence-corrected chi connectivity index (χ0v) is 7.84. The molecule has 1 saturated heterocycles. The Labute approximate surface area is 68.7 Å². The molecule has 2 nitrogen and oxygen atoms in total. The summed E-state index contributed by atoms with van der Waals surface area (Å²) in [5.74, 6) is 0. The molecule has 1 aliphatic rings. The average Bonchev–Trinajstić information content (AvgIpc) is 1.78. The third kappa shape index (κ3) is 2.45. The van der Waals surface area contributed by atoms with Crippen LogP contribution in [0.15, 0.2) is 0 Å². The van der Waals surface area contributed by atoms with Gasteiger partial charge in [-0.15, -0.1) is 12.4 Å². The summed E-state index contributed by atoms with van der Waals surface area (Å²) >= 11 is 0. The van der Waals surface area contributed by atoms with E-state index in [0.717, 1.165) is 6.61 Å². The van der Waals surface area contributed by atoms with Crippen molar-refractivity contribution in [3.8, 4) is 0 Å². The van der Waals surface area contributed by atoms with Gasteiger partial charge in [0.1, 0.15) is 5.72 Å². The Kier molecular flexibility index (Phi) is 2.74. The molecule has 0 spiro atoms. The van der Waals surface area contributed by atoms with Crippen molar-refractivity contribution < 1.29 is 4.74 Å². The maximum Gasteiger partial charge on any atom is 0.114 e. The Balaban J connectivity index is 0.000000810. The van der Waals surface area contributed by atoms with Crippen LogP contribution in [0, 0.1) is 0 Å². The summed E-state index contributed by atoms with van der Waals surface area (Å²) in [6, 6.07) is 0. The van der Waals surface area contributed by atoms with Crippen LogP contribution in [-0.2, 0) is 4.74 Å². The van der Waals surface area contributed by atoms with Gasteiger partial charge in [-0.25, -0.2) is 0 Å². The van der Waals surface area contributed by atoms with Crippen molar-refractivity contribution in [2.45, 2.75) is 39.0 Å². The predicted molar refractivity (Wildman–Crippen MR) is 44.5 cm³/mol. The quantitative estimate of drug-likeness (QED) is 0.588. The first kappa shape index (κ1) is 10.2. The van der Waals surface area contributed by atoms with Crippen LogP contribution in [0.25, 0.3) is 0 Å². The lowest BCUT2D eigenvalue weighted by molar-refractivity contribution is 0.0228. The van der Waals surface area contributed by atoms with E-state index in [1.54, 1.807) is 0 Å². The molecule has 0 atom stereocenters. The fraction of sp³-hybridized carbons (Fsp3) is 1.00. The second-order valence-corrected chi connectivity index (χ2v) is 3.81. The molecule has 0 bridgehead atoms. The summed E-state index contributed by atoms with van der Waals surface area (Å²) in [4.78, 5) is 0. The van der Waals surface area contributed by atoms with Crippen LogP contribution >= 0.6 is 12.4 Å². The molecule has 62 valence electrons. The van der Waals surface area contributed by atoms with E-state index < -0.39 is 0 Å². The van der Waals surface area contributed by atoms with Crippen molar-refractivity contribution >= 4 is 12.4 Å². The minimum absolute atomic E-state index is 0. The van der Waals surface area contributed by atoms with Gasteiger partial charge in [0.05, 0.1) is 6.61 Å². The van der Waals surface area contributed by atoms with Crippen molar-refractivity contribution in [1.29, 1.82) is 0 Å². The van der Waals surface area contributed by atoms with Gasteiger partial charge in [0.25, 0.3) is 0 Å². The molecule has 0 aromatic heterocycles. The summed E-state index contributed by atoms with van der Waals surface area (Å²) in [5, 5.41) is 3.35. The van der Waals surface area contributed by atoms with Gasteiger partial charge in [-0.05, 0) is 27.7 Å². The summed E-state index contributed by atoms with van der Waals surface area (Å²) in [6.45, 7) is 9.17. The lowest BCUT2D eigenvalue weighted by Crippen LogP contribution is -2.44. The zero-order chi connectivity index (χ0) is 7.12. The molecular formula is C7H16ClNO. The normalized spacial score (nSPS) is 27.6. The van der Waals surface area contributed by atoms with Crippen LogP contribution in [0.3, 0.4) is 0 Å². The van der Waals surface area contributed by atoms with Gasteiger partial charge in [-0.3, -0.25) is 5.32 Å². The Morgan fingerprint density at radius 2 is 1.70 bits per heavy atom. The number of hydrogen-bond donors (Lipinski definition) is 1. The highest BCUT2D eigenvalue weighted by Crippen LogP contribution is 2.21. The average molecular weight is 166 g/mol. The van der Waals surface area contributed by atoms with Crippen LogP contribution in [-0.4, -0.2) is 17.9 Å². The molecule has 0 aromatic rings. The second kappa shape index (κ2) is 2.68. The molecule has 1 aliphatic heterocycles. The first-order valence-corrected chi connectivity index (χ1v) is 3.35. The third-order valence-corrected chi connectivity index (χ3v) is 1.43. The van der Waals surface area contributed by atoms with E-state index in [-0.39, 0.29) is 23.7 Å². The van der Waals surface area contributed by atoms with Gasteiger partial charge in [-0.2, -0.15) is 0 Å². The highest BCUT2D eigenvalue weighted by atomic mass is 35.5. The fourth-order valence-corrected chi connectivity index (χ4v) is 1.25. The zero-order valence-electron chi connectivity index (χ0n) is 7.02. The Hall–Kier alpha value is 0.210. The molecule has 3 heteroatoms. The van der Waals surface area contributed by atoms with Crippen molar-refractivity contribution in [3.05, 3.63) is 0 Å². The molecule has 0 aromatic carbocycles. The lowest BCUT2D eigenvalue weighted by atomic mass is 10.1. The van der Waals surface area contributed by atoms with E-state index in [9.17, 15) is 0 Å². The van der Waals surface area contributed by atoms with E-state index >= 15 is 0 Å². The van der Waals surface area contributed by atoms with Crippen LogP contribution in [0.2, 0.25) is 0 Å². The smallest absolute Gasteiger partial charge is 0.114 e. The van der Waals surface area contributed by atoms with E-state index in [0.29, 0.717) is 0 Å². The molecule has 1 rings (SSSR count). The highest BCUT2D eigenvalue weighted by Gasteiger charge is 2.35. The van der Waals surface area contributed by atoms with Crippen LogP contribution < -0.4 is 5.32 Å². The lowest BCUT2D eigenvalue weighted by Gasteiger charge is -2.21. The molecule has 0 saturated carbocycles.